The lowest BCUT2D eigenvalue weighted by Gasteiger charge is -2.45. The number of fused-ring (bicyclic) bond motifs is 4. The average Bonchev–Trinajstić information content (AvgIpc) is 3.20. The Hall–Kier alpha value is -6.91. The van der Waals surface area contributed by atoms with E-state index in [4.69, 9.17) is 0 Å². The van der Waals surface area contributed by atoms with Crippen LogP contribution in [-0.2, 0) is 5.41 Å². The number of pyridine rings is 3. The molecule has 0 bridgehead atoms. The first kappa shape index (κ1) is 35.1. The Morgan fingerprint density at radius 3 is 2.22 bits per heavy atom. The van der Waals surface area contributed by atoms with E-state index in [1.54, 1.807) is 12.1 Å². The lowest BCUT2D eigenvalue weighted by Crippen LogP contribution is -2.40. The Morgan fingerprint density at radius 1 is 0.673 bits per heavy atom. The van der Waals surface area contributed by atoms with Crippen molar-refractivity contribution >= 4 is 23.8 Å². The molecule has 0 aliphatic heterocycles. The molecule has 6 aromatic rings. The SMILES string of the molecule is C=[n+]1ccc2c3c1-c1cccc(F)c1C(C)(C)[C-]3C=CC=2.C=[n+]1ccccc1=C1C=Cc2ccccc2[CH-]1.C=[n+]1ccccc1=c1ccc2c(c1)[CH-]C=CC=2. The largest absolute Gasteiger partial charge is 0.214 e. The quantitative estimate of drug-likeness (QED) is 0.121. The third-order valence-electron chi connectivity index (χ3n) is 10.6. The number of allylic oxidation sites excluding steroid dienone is 5. The molecule has 10 rings (SSSR count). The molecule has 0 radical (unpaired) electrons. The molecule has 0 N–H and O–H groups in total. The summed E-state index contributed by atoms with van der Waals surface area (Å²) >= 11 is 0. The molecule has 3 aromatic carbocycles. The van der Waals surface area contributed by atoms with Crippen LogP contribution in [0.1, 0.15) is 41.7 Å². The van der Waals surface area contributed by atoms with Gasteiger partial charge in [0, 0.05) is 29.0 Å². The minimum absolute atomic E-state index is 0.149. The van der Waals surface area contributed by atoms with E-state index in [9.17, 15) is 4.39 Å². The Balaban J connectivity index is 0.000000118. The normalized spacial score (nSPS) is 16.0. The first-order valence-electron chi connectivity index (χ1n) is 18.4. The standard InChI is InChI=1S/C19H16FN.2C16H13N/c1-19(2)14-8-4-6-12-10-11-21(3)18(16(12)14)13-7-5-9-15(20)17(13)19;2*1-17-11-5-4-8-16(17)15-10-9-13-6-2-3-7-14(13)12-15/h4-11H,3H2,1-2H3;2*2-12H,1H2. The Bertz CT molecular complexity index is 3050. The van der Waals surface area contributed by atoms with Crippen LogP contribution in [0.15, 0.2) is 152 Å². The molecule has 0 saturated heterocycles. The average molecular weight is 716 g/mol. The van der Waals surface area contributed by atoms with Gasteiger partial charge >= 0.3 is 0 Å². The van der Waals surface area contributed by atoms with E-state index in [0.717, 1.165) is 33.4 Å². The first-order valence-corrected chi connectivity index (χ1v) is 18.4. The van der Waals surface area contributed by atoms with Gasteiger partial charge in [-0.25, -0.2) is 12.9 Å². The smallest absolute Gasteiger partial charge is 0.208 e. The number of hydrogen-bond acceptors (Lipinski definition) is 0. The zero-order chi connectivity index (χ0) is 38.1. The van der Waals surface area contributed by atoms with E-state index in [2.05, 4.69) is 150 Å². The van der Waals surface area contributed by atoms with Gasteiger partial charge in [0.05, 0.1) is 0 Å². The highest BCUT2D eigenvalue weighted by Crippen LogP contribution is 2.49. The van der Waals surface area contributed by atoms with Crippen LogP contribution in [0.25, 0.3) is 35.1 Å². The number of rotatable bonds is 0. The number of halogens is 1. The Kier molecular flexibility index (Phi) is 9.26. The Labute approximate surface area is 321 Å². The zero-order valence-corrected chi connectivity index (χ0v) is 31.2. The van der Waals surface area contributed by atoms with Gasteiger partial charge in [-0.05, 0) is 35.2 Å². The van der Waals surface area contributed by atoms with Crippen molar-refractivity contribution in [3.8, 4) is 11.3 Å². The molecule has 0 unspecified atom stereocenters. The number of hydrogen-bond donors (Lipinski definition) is 0. The van der Waals surface area contributed by atoms with Crippen molar-refractivity contribution in [1.82, 2.24) is 0 Å². The predicted molar refractivity (Wildman–Crippen MR) is 219 cm³/mol. The summed E-state index contributed by atoms with van der Waals surface area (Å²) in [4.78, 5) is 0. The molecule has 4 heteroatoms. The van der Waals surface area contributed by atoms with Gasteiger partial charge in [0.2, 0.25) is 5.35 Å². The van der Waals surface area contributed by atoms with Crippen molar-refractivity contribution in [2.24, 2.45) is 0 Å². The van der Waals surface area contributed by atoms with Crippen molar-refractivity contribution in [2.45, 2.75) is 19.3 Å². The molecule has 4 aliphatic rings. The van der Waals surface area contributed by atoms with Gasteiger partial charge in [0.25, 0.3) is 0 Å². The fourth-order valence-electron chi connectivity index (χ4n) is 7.84. The van der Waals surface area contributed by atoms with Crippen molar-refractivity contribution in [3.63, 3.8) is 0 Å². The summed E-state index contributed by atoms with van der Waals surface area (Å²) in [7, 11) is 0. The van der Waals surface area contributed by atoms with Crippen LogP contribution in [0.2, 0.25) is 0 Å². The summed E-state index contributed by atoms with van der Waals surface area (Å²) in [5, 5.41) is 5.88. The summed E-state index contributed by atoms with van der Waals surface area (Å²) in [6.45, 7) is 16.3. The fraction of sp³-hybridized carbons (Fsp3) is 0.0588. The van der Waals surface area contributed by atoms with E-state index in [1.807, 2.05) is 67.7 Å². The topological polar surface area (TPSA) is 17.7 Å². The van der Waals surface area contributed by atoms with E-state index >= 15 is 0 Å². The molecule has 0 atom stereocenters. The predicted octanol–water partition coefficient (Wildman–Crippen LogP) is 6.83. The van der Waals surface area contributed by atoms with Gasteiger partial charge in [-0.1, -0.05) is 84.3 Å². The van der Waals surface area contributed by atoms with Crippen molar-refractivity contribution in [3.05, 3.63) is 251 Å². The zero-order valence-electron chi connectivity index (χ0n) is 31.2. The molecular formula is C51H42FN3. The van der Waals surface area contributed by atoms with E-state index in [-0.39, 0.29) is 11.2 Å². The summed E-state index contributed by atoms with van der Waals surface area (Å²) in [5.41, 5.74) is 8.49. The van der Waals surface area contributed by atoms with E-state index < -0.39 is 0 Å². The number of benzene rings is 3. The van der Waals surface area contributed by atoms with Crippen LogP contribution in [-0.4, -0.2) is 0 Å². The summed E-state index contributed by atoms with van der Waals surface area (Å²) < 4.78 is 20.2. The van der Waals surface area contributed by atoms with E-state index in [1.165, 1.54) is 43.5 Å². The summed E-state index contributed by atoms with van der Waals surface area (Å²) in [6.07, 6.45) is 27.0. The minimum Gasteiger partial charge on any atom is -0.214 e. The molecule has 3 heterocycles. The van der Waals surface area contributed by atoms with Crippen molar-refractivity contribution in [1.29, 1.82) is 0 Å². The van der Waals surface area contributed by atoms with Crippen LogP contribution in [0.5, 0.6) is 0 Å². The molecule has 3 nitrogen and oxygen atoms in total. The van der Waals surface area contributed by atoms with Crippen LogP contribution in [0, 0.1) is 55.3 Å². The van der Waals surface area contributed by atoms with Gasteiger partial charge in [0.15, 0.2) is 23.9 Å². The third-order valence-corrected chi connectivity index (χ3v) is 10.6. The third kappa shape index (κ3) is 6.64. The van der Waals surface area contributed by atoms with Crippen LogP contribution < -0.4 is 28.5 Å². The molecule has 4 aliphatic carbocycles. The van der Waals surface area contributed by atoms with Crippen molar-refractivity contribution in [2.75, 3.05) is 0 Å². The molecule has 0 amide bonds. The van der Waals surface area contributed by atoms with E-state index in [0.29, 0.717) is 0 Å². The second-order valence-electron chi connectivity index (χ2n) is 14.4. The van der Waals surface area contributed by atoms with Gasteiger partial charge in [-0.15, -0.1) is 95.8 Å². The lowest BCUT2D eigenvalue weighted by molar-refractivity contribution is -0.514. The highest BCUT2D eigenvalue weighted by atomic mass is 19.1. The molecular weight excluding hydrogens is 674 g/mol. The monoisotopic (exact) mass is 715 g/mol. The van der Waals surface area contributed by atoms with Gasteiger partial charge < -0.3 is 0 Å². The van der Waals surface area contributed by atoms with Crippen LogP contribution in [0.4, 0.5) is 4.39 Å². The molecule has 55 heavy (non-hydrogen) atoms. The fourth-order valence-corrected chi connectivity index (χ4v) is 7.84. The summed E-state index contributed by atoms with van der Waals surface area (Å²) in [5.74, 6) is 1.01. The highest BCUT2D eigenvalue weighted by Gasteiger charge is 2.39. The molecule has 268 valence electrons. The first-order chi connectivity index (χ1) is 26.7. The maximum absolute atomic E-state index is 14.5. The van der Waals surface area contributed by atoms with Crippen molar-refractivity contribution < 1.29 is 17.1 Å². The number of aromatic nitrogens is 3. The van der Waals surface area contributed by atoms with Crippen LogP contribution in [0.3, 0.4) is 0 Å². The van der Waals surface area contributed by atoms with Crippen LogP contribution >= 0.6 is 0 Å². The maximum atomic E-state index is 14.5. The lowest BCUT2D eigenvalue weighted by atomic mass is 9.63. The second-order valence-corrected chi connectivity index (χ2v) is 14.4. The molecule has 3 aromatic heterocycles. The highest BCUT2D eigenvalue weighted by molar-refractivity contribution is 5.81. The van der Waals surface area contributed by atoms with Gasteiger partial charge in [0.1, 0.15) is 31.7 Å². The molecule has 0 saturated carbocycles. The van der Waals surface area contributed by atoms with Gasteiger partial charge in [-0.3, -0.25) is 0 Å². The minimum atomic E-state index is -0.360. The molecule has 0 spiro atoms. The van der Waals surface area contributed by atoms with Gasteiger partial charge in [-0.2, -0.15) is 4.24 Å². The number of nitrogens with zero attached hydrogens (tertiary/aromatic N) is 3. The molecule has 0 fully saturated rings. The summed E-state index contributed by atoms with van der Waals surface area (Å²) in [6, 6.07) is 34.4. The maximum Gasteiger partial charge on any atom is 0.208 e. The second kappa shape index (κ2) is 14.5. The Morgan fingerprint density at radius 2 is 1.42 bits per heavy atom.